The van der Waals surface area contributed by atoms with Gasteiger partial charge in [-0.1, -0.05) is 25.1 Å². The van der Waals surface area contributed by atoms with Gasteiger partial charge in [0.2, 0.25) is 0 Å². The average molecular weight is 324 g/mol. The van der Waals surface area contributed by atoms with Crippen LogP contribution in [0.15, 0.2) is 46.7 Å². The van der Waals surface area contributed by atoms with Crippen molar-refractivity contribution < 1.29 is 8.42 Å². The number of nitrogens with one attached hydrogen (secondary N) is 2. The van der Waals surface area contributed by atoms with E-state index < -0.39 is 10.0 Å². The van der Waals surface area contributed by atoms with E-state index in [0.29, 0.717) is 9.90 Å². The number of anilines is 1. The third kappa shape index (κ3) is 4.84. The lowest BCUT2D eigenvalue weighted by Gasteiger charge is -2.05. The van der Waals surface area contributed by atoms with Gasteiger partial charge in [0.1, 0.15) is 4.21 Å². The normalized spacial score (nSPS) is 11.5. The number of benzene rings is 1. The van der Waals surface area contributed by atoms with Gasteiger partial charge < -0.3 is 5.32 Å². The summed E-state index contributed by atoms with van der Waals surface area (Å²) in [5.74, 6) is 0. The van der Waals surface area contributed by atoms with Gasteiger partial charge >= 0.3 is 0 Å². The first-order chi connectivity index (χ1) is 10.1. The molecule has 0 aliphatic rings. The van der Waals surface area contributed by atoms with Gasteiger partial charge in [-0.3, -0.25) is 4.72 Å². The second-order valence-electron chi connectivity index (χ2n) is 4.69. The van der Waals surface area contributed by atoms with Gasteiger partial charge in [-0.25, -0.2) is 8.42 Å². The molecular formula is C15H20N2O2S2. The first kappa shape index (κ1) is 16.0. The Morgan fingerprint density at radius 1 is 1.05 bits per heavy atom. The first-order valence-corrected chi connectivity index (χ1v) is 9.29. The fraction of sp³-hybridized carbons (Fsp3) is 0.333. The van der Waals surface area contributed by atoms with Crippen molar-refractivity contribution in [3.05, 3.63) is 47.3 Å². The Labute approximate surface area is 130 Å². The molecule has 0 radical (unpaired) electrons. The number of thiophene rings is 1. The highest BCUT2D eigenvalue weighted by molar-refractivity contribution is 7.94. The maximum Gasteiger partial charge on any atom is 0.271 e. The zero-order valence-electron chi connectivity index (χ0n) is 12.0. The number of hydrogen-bond donors (Lipinski definition) is 2. The van der Waals surface area contributed by atoms with Crippen LogP contribution in [0.1, 0.15) is 18.2 Å². The summed E-state index contributed by atoms with van der Waals surface area (Å²) in [4.78, 5) is 1.08. The molecule has 0 saturated heterocycles. The molecule has 0 fully saturated rings. The molecule has 2 aromatic rings. The van der Waals surface area contributed by atoms with Gasteiger partial charge in [0.25, 0.3) is 10.0 Å². The van der Waals surface area contributed by atoms with Crippen molar-refractivity contribution in [2.45, 2.75) is 24.0 Å². The van der Waals surface area contributed by atoms with Gasteiger partial charge in [-0.2, -0.15) is 0 Å². The van der Waals surface area contributed by atoms with Crippen LogP contribution in [0.4, 0.5) is 5.69 Å². The van der Waals surface area contributed by atoms with Crippen LogP contribution in [0.3, 0.4) is 0 Å². The molecule has 0 amide bonds. The Morgan fingerprint density at radius 2 is 1.81 bits per heavy atom. The van der Waals surface area contributed by atoms with E-state index in [2.05, 4.69) is 17.0 Å². The standard InChI is InChI=1S/C15H20N2O2S2/c1-2-11-16-12-10-14-8-9-15(20-14)21(18,19)17-13-6-4-3-5-7-13/h3-9,16-17H,2,10-12H2,1H3. The molecule has 1 heterocycles. The molecule has 6 heteroatoms. The predicted molar refractivity (Wildman–Crippen MR) is 88.4 cm³/mol. The first-order valence-electron chi connectivity index (χ1n) is 6.99. The van der Waals surface area contributed by atoms with E-state index in [9.17, 15) is 8.42 Å². The Kier molecular flexibility index (Phi) is 5.78. The number of para-hydroxylation sites is 1. The molecule has 21 heavy (non-hydrogen) atoms. The molecule has 0 spiro atoms. The zero-order chi connectivity index (χ0) is 15.1. The van der Waals surface area contributed by atoms with Crippen LogP contribution in [0.2, 0.25) is 0 Å². The SMILES string of the molecule is CCCNCCc1ccc(S(=O)(=O)Nc2ccccc2)s1. The van der Waals surface area contributed by atoms with E-state index in [0.717, 1.165) is 30.8 Å². The molecular weight excluding hydrogens is 304 g/mol. The molecule has 1 aromatic heterocycles. The lowest BCUT2D eigenvalue weighted by atomic mass is 10.3. The van der Waals surface area contributed by atoms with E-state index in [1.54, 1.807) is 30.3 Å². The van der Waals surface area contributed by atoms with Crippen LogP contribution in [0.25, 0.3) is 0 Å². The topological polar surface area (TPSA) is 58.2 Å². The molecule has 0 saturated carbocycles. The van der Waals surface area contributed by atoms with Crippen molar-refractivity contribution in [3.8, 4) is 0 Å². The van der Waals surface area contributed by atoms with Crippen molar-refractivity contribution in [2.24, 2.45) is 0 Å². The highest BCUT2D eigenvalue weighted by Crippen LogP contribution is 2.24. The molecule has 114 valence electrons. The Hall–Kier alpha value is -1.37. The summed E-state index contributed by atoms with van der Waals surface area (Å²) in [6, 6.07) is 12.5. The third-order valence-corrected chi connectivity index (χ3v) is 5.92. The molecule has 2 N–H and O–H groups in total. The maximum atomic E-state index is 12.3. The molecule has 0 unspecified atom stereocenters. The fourth-order valence-electron chi connectivity index (χ4n) is 1.86. The number of sulfonamides is 1. The van der Waals surface area contributed by atoms with Crippen LogP contribution in [-0.2, 0) is 16.4 Å². The van der Waals surface area contributed by atoms with Crippen LogP contribution in [-0.4, -0.2) is 21.5 Å². The summed E-state index contributed by atoms with van der Waals surface area (Å²) in [7, 11) is -3.48. The minimum Gasteiger partial charge on any atom is -0.316 e. The van der Waals surface area contributed by atoms with Crippen LogP contribution in [0.5, 0.6) is 0 Å². The quantitative estimate of drug-likeness (QED) is 0.734. The minimum absolute atomic E-state index is 0.358. The van der Waals surface area contributed by atoms with Crippen LogP contribution in [0, 0.1) is 0 Å². The highest BCUT2D eigenvalue weighted by atomic mass is 32.2. The van der Waals surface area contributed by atoms with Crippen LogP contribution < -0.4 is 10.0 Å². The summed E-state index contributed by atoms with van der Waals surface area (Å²) in [6.07, 6.45) is 1.95. The molecule has 2 rings (SSSR count). The monoisotopic (exact) mass is 324 g/mol. The van der Waals surface area contributed by atoms with Gasteiger partial charge in [0.05, 0.1) is 0 Å². The van der Waals surface area contributed by atoms with E-state index in [1.165, 1.54) is 11.3 Å². The summed E-state index contributed by atoms with van der Waals surface area (Å²) in [6.45, 7) is 3.99. The van der Waals surface area contributed by atoms with Gasteiger partial charge in [-0.05, 0) is 50.2 Å². The van der Waals surface area contributed by atoms with Crippen molar-refractivity contribution in [2.75, 3.05) is 17.8 Å². The average Bonchev–Trinajstić information content (AvgIpc) is 2.94. The van der Waals surface area contributed by atoms with Crippen molar-refractivity contribution in [1.29, 1.82) is 0 Å². The lowest BCUT2D eigenvalue weighted by molar-refractivity contribution is 0.603. The van der Waals surface area contributed by atoms with Crippen LogP contribution >= 0.6 is 11.3 Å². The Balaban J connectivity index is 1.99. The van der Waals surface area contributed by atoms with Crippen molar-refractivity contribution in [1.82, 2.24) is 5.32 Å². The van der Waals surface area contributed by atoms with Gasteiger partial charge in [0.15, 0.2) is 0 Å². The molecule has 0 atom stereocenters. The fourth-order valence-corrected chi connectivity index (χ4v) is 4.28. The highest BCUT2D eigenvalue weighted by Gasteiger charge is 2.16. The molecule has 0 bridgehead atoms. The minimum atomic E-state index is -3.48. The summed E-state index contributed by atoms with van der Waals surface area (Å²) in [5, 5.41) is 3.31. The predicted octanol–water partition coefficient (Wildman–Crippen LogP) is 3.09. The van der Waals surface area contributed by atoms with E-state index in [1.807, 2.05) is 12.1 Å². The van der Waals surface area contributed by atoms with E-state index in [-0.39, 0.29) is 0 Å². The summed E-state index contributed by atoms with van der Waals surface area (Å²) in [5.41, 5.74) is 0.581. The molecule has 0 aliphatic heterocycles. The number of rotatable bonds is 8. The molecule has 1 aromatic carbocycles. The zero-order valence-corrected chi connectivity index (χ0v) is 13.6. The Bertz CT molecular complexity index is 651. The summed E-state index contributed by atoms with van der Waals surface area (Å²) < 4.78 is 27.5. The van der Waals surface area contributed by atoms with Gasteiger partial charge in [0, 0.05) is 10.6 Å². The molecule has 4 nitrogen and oxygen atoms in total. The third-order valence-electron chi connectivity index (χ3n) is 2.90. The maximum absolute atomic E-state index is 12.3. The largest absolute Gasteiger partial charge is 0.316 e. The van der Waals surface area contributed by atoms with Crippen molar-refractivity contribution in [3.63, 3.8) is 0 Å². The number of hydrogen-bond acceptors (Lipinski definition) is 4. The smallest absolute Gasteiger partial charge is 0.271 e. The van der Waals surface area contributed by atoms with Gasteiger partial charge in [-0.15, -0.1) is 11.3 Å². The lowest BCUT2D eigenvalue weighted by Crippen LogP contribution is -2.17. The van der Waals surface area contributed by atoms with E-state index in [4.69, 9.17) is 0 Å². The second kappa shape index (κ2) is 7.59. The molecule has 0 aliphatic carbocycles. The second-order valence-corrected chi connectivity index (χ2v) is 7.77. The summed E-state index contributed by atoms with van der Waals surface area (Å²) >= 11 is 1.33. The Morgan fingerprint density at radius 3 is 2.52 bits per heavy atom. The van der Waals surface area contributed by atoms with Crippen molar-refractivity contribution >= 4 is 27.0 Å². The van der Waals surface area contributed by atoms with E-state index >= 15 is 0 Å².